The number of aliphatic imine (C=N–C) groups is 1. The number of non-ortho nitro benzene ring substituents is 1. The van der Waals surface area contributed by atoms with Crippen molar-refractivity contribution >= 4 is 27.6 Å². The quantitative estimate of drug-likeness (QED) is 0.275. The highest BCUT2D eigenvalue weighted by molar-refractivity contribution is 7.86. The number of hydrogen-bond donors (Lipinski definition) is 1. The fraction of sp³-hybridized carbons (Fsp3) is 0. The monoisotopic (exact) mass is 244 g/mol. The van der Waals surface area contributed by atoms with Gasteiger partial charge < -0.3 is 0 Å². The van der Waals surface area contributed by atoms with Gasteiger partial charge in [0.25, 0.3) is 15.8 Å². The Morgan fingerprint density at radius 1 is 1.44 bits per heavy atom. The van der Waals surface area contributed by atoms with Crippen LogP contribution in [0.2, 0.25) is 0 Å². The third kappa shape index (κ3) is 2.48. The summed E-state index contributed by atoms with van der Waals surface area (Å²) in [5.74, 6) is 0. The Morgan fingerprint density at radius 2 is 2.06 bits per heavy atom. The lowest BCUT2D eigenvalue weighted by Gasteiger charge is -2.00. The fourth-order valence-electron chi connectivity index (χ4n) is 0.965. The Labute approximate surface area is 89.1 Å². The van der Waals surface area contributed by atoms with Crippen molar-refractivity contribution in [1.82, 2.24) is 0 Å². The predicted octanol–water partition coefficient (Wildman–Crippen LogP) is 0.809. The van der Waals surface area contributed by atoms with Gasteiger partial charge in [0.2, 0.25) is 6.08 Å². The molecule has 0 spiro atoms. The van der Waals surface area contributed by atoms with Crippen molar-refractivity contribution in [3.05, 3.63) is 28.3 Å². The molecule has 1 aromatic carbocycles. The largest absolute Gasteiger partial charge is 0.296 e. The molecule has 0 aliphatic heterocycles. The molecule has 0 aliphatic carbocycles. The molecule has 0 amide bonds. The minimum atomic E-state index is -4.69. The van der Waals surface area contributed by atoms with Gasteiger partial charge in [-0.25, -0.2) is 4.79 Å². The van der Waals surface area contributed by atoms with Crippen LogP contribution in [-0.4, -0.2) is 24.0 Å². The zero-order valence-electron chi connectivity index (χ0n) is 7.52. The average Bonchev–Trinajstić information content (AvgIpc) is 2.16. The zero-order chi connectivity index (χ0) is 12.3. The first-order chi connectivity index (χ1) is 7.36. The van der Waals surface area contributed by atoms with Crippen LogP contribution < -0.4 is 0 Å². The maximum Gasteiger partial charge on any atom is 0.296 e. The summed E-state index contributed by atoms with van der Waals surface area (Å²) in [5, 5.41) is 10.4. The maximum atomic E-state index is 10.8. The lowest BCUT2D eigenvalue weighted by molar-refractivity contribution is -0.385. The highest BCUT2D eigenvalue weighted by Gasteiger charge is 2.19. The van der Waals surface area contributed by atoms with Crippen LogP contribution in [0.5, 0.6) is 0 Å². The van der Waals surface area contributed by atoms with E-state index in [-0.39, 0.29) is 0 Å². The molecule has 9 heteroatoms. The van der Waals surface area contributed by atoms with Gasteiger partial charge >= 0.3 is 0 Å². The van der Waals surface area contributed by atoms with Gasteiger partial charge in [0.15, 0.2) is 0 Å². The van der Waals surface area contributed by atoms with Gasteiger partial charge in [-0.15, -0.1) is 0 Å². The second-order valence-electron chi connectivity index (χ2n) is 2.59. The van der Waals surface area contributed by atoms with E-state index in [9.17, 15) is 23.3 Å². The Hall–Kier alpha value is -2.09. The van der Waals surface area contributed by atoms with Crippen LogP contribution in [0.4, 0.5) is 11.4 Å². The molecule has 0 radical (unpaired) electrons. The highest BCUT2D eigenvalue weighted by Crippen LogP contribution is 2.27. The zero-order valence-corrected chi connectivity index (χ0v) is 8.34. The van der Waals surface area contributed by atoms with Crippen LogP contribution in [0, 0.1) is 10.1 Å². The Balaban J connectivity index is 3.57. The first-order valence-corrected chi connectivity index (χ1v) is 5.14. The second kappa shape index (κ2) is 4.19. The van der Waals surface area contributed by atoms with Crippen LogP contribution in [-0.2, 0) is 14.9 Å². The Bertz CT molecular complexity index is 587. The summed E-state index contributed by atoms with van der Waals surface area (Å²) >= 11 is 0. The number of rotatable bonds is 3. The molecule has 0 aliphatic rings. The van der Waals surface area contributed by atoms with Gasteiger partial charge in [0.05, 0.1) is 10.6 Å². The number of hydrogen-bond acceptors (Lipinski definition) is 6. The van der Waals surface area contributed by atoms with Gasteiger partial charge in [-0.1, -0.05) is 0 Å². The summed E-state index contributed by atoms with van der Waals surface area (Å²) in [4.78, 5) is 21.7. The molecule has 0 saturated carbocycles. The standard InChI is InChI=1S/C7H4N2O6S/c10-4-8-6-2-1-5(9(11)12)3-7(6)16(13,14)15/h1-3H,(H,13,14,15). The molecule has 0 bridgehead atoms. The summed E-state index contributed by atoms with van der Waals surface area (Å²) in [7, 11) is -4.69. The topological polar surface area (TPSA) is 127 Å². The van der Waals surface area contributed by atoms with Crippen molar-refractivity contribution in [1.29, 1.82) is 0 Å². The lowest BCUT2D eigenvalue weighted by Crippen LogP contribution is -2.00. The average molecular weight is 244 g/mol. The van der Waals surface area contributed by atoms with E-state index >= 15 is 0 Å². The molecule has 1 N–H and O–H groups in total. The smallest absolute Gasteiger partial charge is 0.282 e. The van der Waals surface area contributed by atoms with Crippen molar-refractivity contribution in [3.63, 3.8) is 0 Å². The van der Waals surface area contributed by atoms with Gasteiger partial charge in [0, 0.05) is 12.1 Å². The molecular weight excluding hydrogens is 240 g/mol. The molecule has 1 rings (SSSR count). The predicted molar refractivity (Wildman–Crippen MR) is 50.7 cm³/mol. The summed E-state index contributed by atoms with van der Waals surface area (Å²) in [5.41, 5.74) is -0.958. The van der Waals surface area contributed by atoms with Crippen LogP contribution in [0.3, 0.4) is 0 Å². The number of nitrogens with zero attached hydrogens (tertiary/aromatic N) is 2. The number of nitro groups is 1. The van der Waals surface area contributed by atoms with Gasteiger partial charge in [-0.2, -0.15) is 13.4 Å². The van der Waals surface area contributed by atoms with E-state index < -0.39 is 31.3 Å². The van der Waals surface area contributed by atoms with Crippen LogP contribution in [0.25, 0.3) is 0 Å². The number of carbonyl (C=O) groups excluding carboxylic acids is 1. The van der Waals surface area contributed by atoms with Crippen LogP contribution >= 0.6 is 0 Å². The van der Waals surface area contributed by atoms with Gasteiger partial charge in [0.1, 0.15) is 4.90 Å². The molecule has 0 aromatic heterocycles. The van der Waals surface area contributed by atoms with E-state index in [4.69, 9.17) is 4.55 Å². The van der Waals surface area contributed by atoms with Crippen molar-refractivity contribution in [2.24, 2.45) is 4.99 Å². The Morgan fingerprint density at radius 3 is 2.50 bits per heavy atom. The first kappa shape index (κ1) is 12.0. The Kier molecular flexibility index (Phi) is 3.14. The van der Waals surface area contributed by atoms with E-state index in [1.165, 1.54) is 0 Å². The minimum Gasteiger partial charge on any atom is -0.282 e. The normalized spacial score (nSPS) is 10.6. The molecule has 0 atom stereocenters. The van der Waals surface area contributed by atoms with Crippen LogP contribution in [0.1, 0.15) is 0 Å². The lowest BCUT2D eigenvalue weighted by atomic mass is 10.3. The third-order valence-electron chi connectivity index (χ3n) is 1.60. The molecular formula is C7H4N2O6S. The summed E-state index contributed by atoms with van der Waals surface area (Å²) in [6.07, 6.45) is 1.07. The molecule has 0 fully saturated rings. The van der Waals surface area contributed by atoms with Gasteiger partial charge in [-0.05, 0) is 6.07 Å². The van der Waals surface area contributed by atoms with E-state index in [2.05, 4.69) is 4.99 Å². The third-order valence-corrected chi connectivity index (χ3v) is 2.48. The number of nitro benzene ring substituents is 1. The highest BCUT2D eigenvalue weighted by atomic mass is 32.2. The molecule has 0 unspecified atom stereocenters. The maximum absolute atomic E-state index is 10.8. The molecule has 84 valence electrons. The number of benzene rings is 1. The number of isocyanates is 1. The van der Waals surface area contributed by atoms with E-state index in [0.717, 1.165) is 18.2 Å². The van der Waals surface area contributed by atoms with Crippen molar-refractivity contribution in [2.45, 2.75) is 4.90 Å². The molecule has 0 heterocycles. The minimum absolute atomic E-state index is 0.414. The van der Waals surface area contributed by atoms with Crippen LogP contribution in [0.15, 0.2) is 28.1 Å². The van der Waals surface area contributed by atoms with Crippen molar-refractivity contribution < 1.29 is 22.7 Å². The summed E-state index contributed by atoms with van der Waals surface area (Å²) < 4.78 is 30.5. The molecule has 0 saturated heterocycles. The first-order valence-electron chi connectivity index (χ1n) is 3.70. The SMILES string of the molecule is O=C=Nc1ccc([N+](=O)[O-])cc1S(=O)(=O)O. The fourth-order valence-corrected chi connectivity index (χ4v) is 1.61. The van der Waals surface area contributed by atoms with Crippen molar-refractivity contribution in [3.8, 4) is 0 Å². The second-order valence-corrected chi connectivity index (χ2v) is 3.98. The van der Waals surface area contributed by atoms with Gasteiger partial charge in [-0.3, -0.25) is 14.7 Å². The molecule has 8 nitrogen and oxygen atoms in total. The van der Waals surface area contributed by atoms with E-state index in [1.54, 1.807) is 0 Å². The van der Waals surface area contributed by atoms with E-state index in [0.29, 0.717) is 6.07 Å². The summed E-state index contributed by atoms with van der Waals surface area (Å²) in [6.45, 7) is 0. The molecule has 16 heavy (non-hydrogen) atoms. The summed E-state index contributed by atoms with van der Waals surface area (Å²) in [6, 6.07) is 2.47. The van der Waals surface area contributed by atoms with E-state index in [1.807, 2.05) is 0 Å². The van der Waals surface area contributed by atoms with Crippen molar-refractivity contribution in [2.75, 3.05) is 0 Å². The molecule has 1 aromatic rings.